The summed E-state index contributed by atoms with van der Waals surface area (Å²) >= 11 is 0. The van der Waals surface area contributed by atoms with Crippen LogP contribution >= 0.6 is 0 Å². The maximum absolute atomic E-state index is 12.4. The van der Waals surface area contributed by atoms with Gasteiger partial charge in [-0.05, 0) is 31.7 Å². The predicted octanol–water partition coefficient (Wildman–Crippen LogP) is 2.40. The predicted molar refractivity (Wildman–Crippen MR) is 93.8 cm³/mol. The Balaban J connectivity index is 1.95. The average Bonchev–Trinajstić information content (AvgIpc) is 3.13. The van der Waals surface area contributed by atoms with Crippen LogP contribution in [0.15, 0.2) is 30.3 Å². The Morgan fingerprint density at radius 3 is 2.36 bits per heavy atom. The maximum Gasteiger partial charge on any atom is 0.303 e. The first-order valence-corrected chi connectivity index (χ1v) is 8.85. The largest absolute Gasteiger partial charge is 0.481 e. The molecule has 0 radical (unpaired) electrons. The first-order chi connectivity index (χ1) is 12.0. The zero-order valence-electron chi connectivity index (χ0n) is 14.5. The Kier molecular flexibility index (Phi) is 6.98. The van der Waals surface area contributed by atoms with Crippen molar-refractivity contribution in [2.45, 2.75) is 57.5 Å². The zero-order chi connectivity index (χ0) is 18.2. The van der Waals surface area contributed by atoms with Crippen molar-refractivity contribution in [1.29, 1.82) is 0 Å². The van der Waals surface area contributed by atoms with Crippen molar-refractivity contribution in [2.24, 2.45) is 5.92 Å². The van der Waals surface area contributed by atoms with Gasteiger partial charge in [0.15, 0.2) is 0 Å². The van der Waals surface area contributed by atoms with Crippen molar-refractivity contribution in [1.82, 2.24) is 10.6 Å². The number of benzene rings is 1. The number of amides is 2. The summed E-state index contributed by atoms with van der Waals surface area (Å²) in [6, 6.07) is 8.23. The Morgan fingerprint density at radius 1 is 1.12 bits per heavy atom. The summed E-state index contributed by atoms with van der Waals surface area (Å²) in [5, 5.41) is 14.6. The Labute approximate surface area is 148 Å². The average molecular weight is 346 g/mol. The van der Waals surface area contributed by atoms with Crippen LogP contribution in [0.4, 0.5) is 0 Å². The summed E-state index contributed by atoms with van der Waals surface area (Å²) in [6.07, 6.45) is 4.14. The van der Waals surface area contributed by atoms with Crippen LogP contribution in [0.25, 0.3) is 0 Å². The molecule has 0 saturated heterocycles. The summed E-state index contributed by atoms with van der Waals surface area (Å²) in [5.41, 5.74) is 0.853. The normalized spacial score (nSPS) is 16.8. The van der Waals surface area contributed by atoms with E-state index in [1.807, 2.05) is 30.3 Å². The van der Waals surface area contributed by atoms with E-state index in [1.54, 1.807) is 6.92 Å². The molecule has 0 bridgehead atoms. The molecule has 0 aliphatic heterocycles. The van der Waals surface area contributed by atoms with Gasteiger partial charge in [-0.15, -0.1) is 0 Å². The van der Waals surface area contributed by atoms with Crippen LogP contribution in [0.3, 0.4) is 0 Å². The van der Waals surface area contributed by atoms with Crippen LogP contribution in [0.2, 0.25) is 0 Å². The molecule has 2 rings (SSSR count). The van der Waals surface area contributed by atoms with E-state index in [0.717, 1.165) is 31.2 Å². The Bertz CT molecular complexity index is 597. The van der Waals surface area contributed by atoms with Crippen LogP contribution < -0.4 is 10.6 Å². The number of carboxylic acids is 1. The van der Waals surface area contributed by atoms with Gasteiger partial charge < -0.3 is 15.7 Å². The number of hydrogen-bond donors (Lipinski definition) is 3. The highest BCUT2D eigenvalue weighted by atomic mass is 16.4. The number of carbonyl (C=O) groups is 3. The second kappa shape index (κ2) is 9.20. The van der Waals surface area contributed by atoms with Gasteiger partial charge in [0.1, 0.15) is 6.04 Å². The lowest BCUT2D eigenvalue weighted by molar-refractivity contribution is -0.137. The van der Waals surface area contributed by atoms with Crippen molar-refractivity contribution in [2.75, 3.05) is 0 Å². The molecular formula is C19H26N2O4. The van der Waals surface area contributed by atoms with Crippen molar-refractivity contribution in [3.8, 4) is 0 Å². The molecule has 25 heavy (non-hydrogen) atoms. The summed E-state index contributed by atoms with van der Waals surface area (Å²) in [6.45, 7) is 1.65. The molecule has 0 heterocycles. The molecule has 2 atom stereocenters. The minimum absolute atomic E-state index is 0.00665. The van der Waals surface area contributed by atoms with Crippen LogP contribution in [-0.2, 0) is 14.4 Å². The summed E-state index contributed by atoms with van der Waals surface area (Å²) in [4.78, 5) is 35.5. The number of hydrogen-bond acceptors (Lipinski definition) is 3. The highest BCUT2D eigenvalue weighted by Crippen LogP contribution is 2.25. The molecule has 2 amide bonds. The molecule has 0 aromatic heterocycles. The standard InChI is InChI=1S/C19H26N2O4/c1-13(20-19(25)15-9-5-6-10-15)18(24)21-16(11-12-17(22)23)14-7-3-2-4-8-14/h2-4,7-8,13,15-16H,5-6,9-12H2,1H3,(H,20,25)(H,21,24)(H,22,23). The molecule has 0 spiro atoms. The molecule has 1 aliphatic rings. The third-order valence-electron chi connectivity index (χ3n) is 4.64. The van der Waals surface area contributed by atoms with Gasteiger partial charge in [-0.3, -0.25) is 14.4 Å². The van der Waals surface area contributed by atoms with Crippen LogP contribution in [0, 0.1) is 5.92 Å². The summed E-state index contributed by atoms with van der Waals surface area (Å²) in [7, 11) is 0. The molecule has 6 nitrogen and oxygen atoms in total. The summed E-state index contributed by atoms with van der Waals surface area (Å²) < 4.78 is 0. The number of nitrogens with one attached hydrogen (secondary N) is 2. The first-order valence-electron chi connectivity index (χ1n) is 8.85. The zero-order valence-corrected chi connectivity index (χ0v) is 14.5. The van der Waals surface area contributed by atoms with E-state index in [4.69, 9.17) is 5.11 Å². The second-order valence-electron chi connectivity index (χ2n) is 6.62. The number of carbonyl (C=O) groups excluding carboxylic acids is 2. The van der Waals surface area contributed by atoms with Gasteiger partial charge in [0.05, 0.1) is 6.04 Å². The van der Waals surface area contributed by atoms with Crippen LogP contribution in [0.1, 0.15) is 57.1 Å². The molecule has 3 N–H and O–H groups in total. The third kappa shape index (κ3) is 5.89. The van der Waals surface area contributed by atoms with E-state index in [-0.39, 0.29) is 24.2 Å². The number of rotatable bonds is 8. The molecule has 1 fully saturated rings. The van der Waals surface area contributed by atoms with Gasteiger partial charge in [0.2, 0.25) is 11.8 Å². The van der Waals surface area contributed by atoms with E-state index < -0.39 is 18.1 Å². The summed E-state index contributed by atoms with van der Waals surface area (Å²) in [5.74, 6) is -1.27. The molecule has 136 valence electrons. The third-order valence-corrected chi connectivity index (χ3v) is 4.64. The number of aliphatic carboxylic acids is 1. The van der Waals surface area contributed by atoms with Crippen molar-refractivity contribution >= 4 is 17.8 Å². The quantitative estimate of drug-likeness (QED) is 0.673. The van der Waals surface area contributed by atoms with Gasteiger partial charge in [-0.2, -0.15) is 0 Å². The fraction of sp³-hybridized carbons (Fsp3) is 0.526. The van der Waals surface area contributed by atoms with Gasteiger partial charge >= 0.3 is 5.97 Å². The Hall–Kier alpha value is -2.37. The van der Waals surface area contributed by atoms with Gasteiger partial charge in [0, 0.05) is 12.3 Å². The highest BCUT2D eigenvalue weighted by Gasteiger charge is 2.26. The molecule has 1 aromatic rings. The smallest absolute Gasteiger partial charge is 0.303 e. The van der Waals surface area contributed by atoms with Gasteiger partial charge in [-0.25, -0.2) is 0 Å². The van der Waals surface area contributed by atoms with E-state index in [0.29, 0.717) is 6.42 Å². The van der Waals surface area contributed by atoms with Crippen molar-refractivity contribution in [3.05, 3.63) is 35.9 Å². The topological polar surface area (TPSA) is 95.5 Å². The number of carboxylic acid groups (broad SMARTS) is 1. The van der Waals surface area contributed by atoms with E-state index in [1.165, 1.54) is 0 Å². The first kappa shape index (κ1) is 19.0. The van der Waals surface area contributed by atoms with Crippen molar-refractivity contribution in [3.63, 3.8) is 0 Å². The van der Waals surface area contributed by atoms with Gasteiger partial charge in [-0.1, -0.05) is 43.2 Å². The van der Waals surface area contributed by atoms with Gasteiger partial charge in [0.25, 0.3) is 0 Å². The van der Waals surface area contributed by atoms with Crippen LogP contribution in [0.5, 0.6) is 0 Å². The SMILES string of the molecule is CC(NC(=O)C1CCCC1)C(=O)NC(CCC(=O)O)c1ccccc1. The van der Waals surface area contributed by atoms with E-state index in [9.17, 15) is 14.4 Å². The minimum atomic E-state index is -0.905. The highest BCUT2D eigenvalue weighted by molar-refractivity contribution is 5.88. The monoisotopic (exact) mass is 346 g/mol. The molecular weight excluding hydrogens is 320 g/mol. The van der Waals surface area contributed by atoms with E-state index in [2.05, 4.69) is 10.6 Å². The van der Waals surface area contributed by atoms with E-state index >= 15 is 0 Å². The molecule has 1 aliphatic carbocycles. The minimum Gasteiger partial charge on any atom is -0.481 e. The lowest BCUT2D eigenvalue weighted by Crippen LogP contribution is -2.47. The maximum atomic E-state index is 12.4. The lowest BCUT2D eigenvalue weighted by Gasteiger charge is -2.22. The molecule has 1 aromatic carbocycles. The Morgan fingerprint density at radius 2 is 1.76 bits per heavy atom. The molecule has 2 unspecified atom stereocenters. The molecule has 1 saturated carbocycles. The van der Waals surface area contributed by atoms with Crippen molar-refractivity contribution < 1.29 is 19.5 Å². The molecule has 6 heteroatoms. The fourth-order valence-corrected chi connectivity index (χ4v) is 3.16. The van der Waals surface area contributed by atoms with Crippen LogP contribution in [-0.4, -0.2) is 28.9 Å². The fourth-order valence-electron chi connectivity index (χ4n) is 3.16. The second-order valence-corrected chi connectivity index (χ2v) is 6.62. The lowest BCUT2D eigenvalue weighted by atomic mass is 10.0.